The molecule has 1 aliphatic rings. The second-order valence-electron chi connectivity index (χ2n) is 5.92. The van der Waals surface area contributed by atoms with Crippen LogP contribution in [0.15, 0.2) is 24.4 Å². The summed E-state index contributed by atoms with van der Waals surface area (Å²) in [5, 5.41) is 3.20. The van der Waals surface area contributed by atoms with Gasteiger partial charge < -0.3 is 10.1 Å². The lowest BCUT2D eigenvalue weighted by Gasteiger charge is -2.27. The van der Waals surface area contributed by atoms with Crippen LogP contribution in [0.2, 0.25) is 0 Å². The van der Waals surface area contributed by atoms with Crippen LogP contribution in [-0.2, 0) is 4.74 Å². The molecule has 4 nitrogen and oxygen atoms in total. The maximum atomic E-state index is 13.6. The first-order valence-electron chi connectivity index (χ1n) is 7.71. The van der Waals surface area contributed by atoms with Crippen molar-refractivity contribution in [2.45, 2.75) is 38.3 Å². The van der Waals surface area contributed by atoms with E-state index in [1.807, 2.05) is 6.92 Å². The Hall–Kier alpha value is -2.08. The Bertz CT molecular complexity index is 732. The summed E-state index contributed by atoms with van der Waals surface area (Å²) in [5.41, 5.74) is 0.224. The number of amides is 1. The largest absolute Gasteiger partial charge is 0.376 e. The summed E-state index contributed by atoms with van der Waals surface area (Å²) in [6, 6.07) is 3.79. The molecule has 0 spiro atoms. The number of nitrogens with zero attached hydrogens (tertiary/aromatic N) is 1. The van der Waals surface area contributed by atoms with Crippen molar-refractivity contribution in [3.8, 4) is 0 Å². The Balaban J connectivity index is 1.66. The summed E-state index contributed by atoms with van der Waals surface area (Å²) in [6.07, 6.45) is 4.93. The fourth-order valence-electron chi connectivity index (χ4n) is 2.43. The number of hydrogen-bond acceptors (Lipinski definition) is 3. The number of benzene rings is 1. The molecule has 1 fully saturated rings. The number of aromatic nitrogens is 1. The third kappa shape index (κ3) is 3.47. The van der Waals surface area contributed by atoms with E-state index in [1.165, 1.54) is 24.8 Å². The predicted octanol–water partition coefficient (Wildman–Crippen LogP) is 3.20. The van der Waals surface area contributed by atoms with Crippen LogP contribution in [0.1, 0.15) is 36.5 Å². The van der Waals surface area contributed by atoms with Gasteiger partial charge in [-0.15, -0.1) is 0 Å². The summed E-state index contributed by atoms with van der Waals surface area (Å²) in [5.74, 6) is -2.27. The lowest BCUT2D eigenvalue weighted by atomic mass is 9.96. The number of hydrogen-bond donors (Lipinski definition) is 1. The van der Waals surface area contributed by atoms with Crippen molar-refractivity contribution < 1.29 is 18.3 Å². The summed E-state index contributed by atoms with van der Waals surface area (Å²) in [6.45, 7) is 2.32. The van der Waals surface area contributed by atoms with E-state index in [9.17, 15) is 13.6 Å². The predicted molar refractivity (Wildman–Crippen MR) is 82.2 cm³/mol. The Morgan fingerprint density at radius 1 is 1.43 bits per heavy atom. The average Bonchev–Trinajstić information content (AvgIpc) is 2.49. The van der Waals surface area contributed by atoms with Gasteiger partial charge >= 0.3 is 0 Å². The van der Waals surface area contributed by atoms with Crippen LogP contribution in [0.3, 0.4) is 0 Å². The molecule has 3 rings (SSSR count). The van der Waals surface area contributed by atoms with Crippen LogP contribution in [0.25, 0.3) is 10.9 Å². The Morgan fingerprint density at radius 3 is 2.91 bits per heavy atom. The van der Waals surface area contributed by atoms with Crippen molar-refractivity contribution >= 4 is 16.8 Å². The highest BCUT2D eigenvalue weighted by Gasteiger charge is 2.19. The topological polar surface area (TPSA) is 51.2 Å². The number of ether oxygens (including phenoxy) is 1. The highest BCUT2D eigenvalue weighted by molar-refractivity contribution is 5.97. The number of carbonyl (C=O) groups excluding carboxylic acids is 1. The van der Waals surface area contributed by atoms with E-state index in [-0.39, 0.29) is 17.5 Å². The van der Waals surface area contributed by atoms with Gasteiger partial charge in [0.1, 0.15) is 5.52 Å². The number of fused-ring (bicyclic) bond motifs is 1. The summed E-state index contributed by atoms with van der Waals surface area (Å²) in [4.78, 5) is 16.1. The number of nitrogens with one attached hydrogen (secondary N) is 1. The molecule has 6 heteroatoms. The van der Waals surface area contributed by atoms with E-state index in [4.69, 9.17) is 4.74 Å². The molecule has 1 heterocycles. The molecule has 1 atom stereocenters. The van der Waals surface area contributed by atoms with E-state index < -0.39 is 11.6 Å². The normalized spacial score (nSPS) is 16.1. The van der Waals surface area contributed by atoms with Gasteiger partial charge in [0.2, 0.25) is 0 Å². The third-order valence-electron chi connectivity index (χ3n) is 4.02. The molecule has 1 N–H and O–H groups in total. The second-order valence-corrected chi connectivity index (χ2v) is 5.92. The van der Waals surface area contributed by atoms with Crippen LogP contribution < -0.4 is 5.32 Å². The van der Waals surface area contributed by atoms with E-state index in [0.29, 0.717) is 23.7 Å². The molecule has 1 aromatic heterocycles. The second kappa shape index (κ2) is 6.58. The van der Waals surface area contributed by atoms with Crippen LogP contribution in [0, 0.1) is 11.6 Å². The first-order valence-corrected chi connectivity index (χ1v) is 7.71. The SMILES string of the molecule is CC(COC1CCC1)NC(=O)c1cnc2c(F)c(F)ccc2c1. The van der Waals surface area contributed by atoms with Gasteiger partial charge in [-0.3, -0.25) is 9.78 Å². The maximum absolute atomic E-state index is 13.6. The summed E-state index contributed by atoms with van der Waals surface area (Å²) >= 11 is 0. The number of carbonyl (C=O) groups is 1. The first-order chi connectivity index (χ1) is 11.0. The monoisotopic (exact) mass is 320 g/mol. The number of rotatable bonds is 5. The number of halogens is 2. The zero-order chi connectivity index (χ0) is 16.4. The lowest BCUT2D eigenvalue weighted by Crippen LogP contribution is -2.38. The molecular formula is C17H18F2N2O2. The molecule has 0 radical (unpaired) electrons. The van der Waals surface area contributed by atoms with Gasteiger partial charge in [-0.1, -0.05) is 0 Å². The van der Waals surface area contributed by atoms with Gasteiger partial charge in [0.15, 0.2) is 11.6 Å². The Morgan fingerprint density at radius 2 is 2.22 bits per heavy atom. The molecule has 1 unspecified atom stereocenters. The van der Waals surface area contributed by atoms with Gasteiger partial charge in [-0.05, 0) is 44.4 Å². The van der Waals surface area contributed by atoms with Gasteiger partial charge in [-0.25, -0.2) is 8.78 Å². The molecule has 23 heavy (non-hydrogen) atoms. The van der Waals surface area contributed by atoms with Crippen LogP contribution >= 0.6 is 0 Å². The van der Waals surface area contributed by atoms with E-state index >= 15 is 0 Å². The zero-order valence-corrected chi connectivity index (χ0v) is 12.8. The highest BCUT2D eigenvalue weighted by atomic mass is 19.2. The Labute approximate surface area is 132 Å². The standard InChI is InChI=1S/C17H18F2N2O2/c1-10(9-23-13-3-2-4-13)21-17(22)12-7-11-5-6-14(18)15(19)16(11)20-8-12/h5-8,10,13H,2-4,9H2,1H3,(H,21,22). The van der Waals surface area contributed by atoms with Gasteiger partial charge in [0.25, 0.3) is 5.91 Å². The molecular weight excluding hydrogens is 302 g/mol. The van der Waals surface area contributed by atoms with Crippen molar-refractivity contribution in [1.82, 2.24) is 10.3 Å². The third-order valence-corrected chi connectivity index (χ3v) is 4.02. The van der Waals surface area contributed by atoms with E-state index in [1.54, 1.807) is 0 Å². The molecule has 1 aliphatic carbocycles. The molecule has 1 aromatic carbocycles. The smallest absolute Gasteiger partial charge is 0.253 e. The fraction of sp³-hybridized carbons (Fsp3) is 0.412. The van der Waals surface area contributed by atoms with Gasteiger partial charge in [-0.2, -0.15) is 0 Å². The minimum atomic E-state index is -1.00. The van der Waals surface area contributed by atoms with Gasteiger partial charge in [0, 0.05) is 17.6 Å². The fourth-order valence-corrected chi connectivity index (χ4v) is 2.43. The van der Waals surface area contributed by atoms with Crippen molar-refractivity contribution in [2.75, 3.05) is 6.61 Å². The minimum absolute atomic E-state index is 0.0806. The van der Waals surface area contributed by atoms with Crippen molar-refractivity contribution in [3.63, 3.8) is 0 Å². The average molecular weight is 320 g/mol. The van der Waals surface area contributed by atoms with Gasteiger partial charge in [0.05, 0.1) is 18.3 Å². The van der Waals surface area contributed by atoms with Crippen LogP contribution in [0.5, 0.6) is 0 Å². The van der Waals surface area contributed by atoms with Crippen LogP contribution in [-0.4, -0.2) is 29.6 Å². The molecule has 0 saturated heterocycles. The van der Waals surface area contributed by atoms with Crippen LogP contribution in [0.4, 0.5) is 8.78 Å². The zero-order valence-electron chi connectivity index (χ0n) is 12.8. The molecule has 1 amide bonds. The Kier molecular flexibility index (Phi) is 4.52. The number of pyridine rings is 1. The van der Waals surface area contributed by atoms with E-state index in [0.717, 1.165) is 18.9 Å². The maximum Gasteiger partial charge on any atom is 0.253 e. The molecule has 1 saturated carbocycles. The van der Waals surface area contributed by atoms with Crippen molar-refractivity contribution in [1.29, 1.82) is 0 Å². The molecule has 0 aliphatic heterocycles. The van der Waals surface area contributed by atoms with E-state index in [2.05, 4.69) is 10.3 Å². The first kappa shape index (κ1) is 15.8. The molecule has 122 valence electrons. The van der Waals surface area contributed by atoms with Crippen molar-refractivity contribution in [3.05, 3.63) is 41.6 Å². The summed E-state index contributed by atoms with van der Waals surface area (Å²) in [7, 11) is 0. The molecule has 0 bridgehead atoms. The molecule has 2 aromatic rings. The highest BCUT2D eigenvalue weighted by Crippen LogP contribution is 2.22. The summed E-state index contributed by atoms with van der Waals surface area (Å²) < 4.78 is 32.4. The minimum Gasteiger partial charge on any atom is -0.376 e. The van der Waals surface area contributed by atoms with Crippen molar-refractivity contribution in [2.24, 2.45) is 0 Å². The quantitative estimate of drug-likeness (QED) is 0.920. The lowest BCUT2D eigenvalue weighted by molar-refractivity contribution is -0.00598.